The Morgan fingerprint density at radius 1 is 1.29 bits per heavy atom. The van der Waals surface area contributed by atoms with Gasteiger partial charge >= 0.3 is 123 Å². The van der Waals surface area contributed by atoms with E-state index in [4.69, 9.17) is 11.8 Å². The van der Waals surface area contributed by atoms with Gasteiger partial charge in [0.05, 0.1) is 0 Å². The molecule has 0 atom stereocenters. The van der Waals surface area contributed by atoms with E-state index in [1.54, 1.807) is 0 Å². The Bertz CT molecular complexity index is 288. The van der Waals surface area contributed by atoms with E-state index in [-0.39, 0.29) is 35.9 Å². The van der Waals surface area contributed by atoms with Crippen molar-refractivity contribution in [2.24, 2.45) is 0 Å². The molecular formula is C13H15CuLiNSe. The first kappa shape index (κ1) is 22.3. The van der Waals surface area contributed by atoms with Gasteiger partial charge in [-0.25, -0.2) is 0 Å². The zero-order chi connectivity index (χ0) is 11.4. The van der Waals surface area contributed by atoms with Crippen molar-refractivity contribution < 1.29 is 35.9 Å². The molecule has 0 aliphatic heterocycles. The van der Waals surface area contributed by atoms with Crippen LogP contribution < -0.4 is 23.3 Å². The Morgan fingerprint density at radius 3 is 2.41 bits per heavy atom. The van der Waals surface area contributed by atoms with E-state index in [2.05, 4.69) is 48.3 Å². The molecule has 0 aliphatic rings. The fraction of sp³-hybridized carbons (Fsp3) is 0.308. The van der Waals surface area contributed by atoms with Crippen LogP contribution in [-0.2, 0) is 17.1 Å². The molecule has 0 N–H and O–H groups in total. The van der Waals surface area contributed by atoms with Crippen LogP contribution in [0, 0.1) is 16.8 Å². The number of nitrogens with zero attached hydrogens (tertiary/aromatic N) is 1. The fourth-order valence-electron chi connectivity index (χ4n) is 0.963. The Hall–Kier alpha value is 0.0864. The van der Waals surface area contributed by atoms with Crippen LogP contribution in [0.25, 0.3) is 0 Å². The van der Waals surface area contributed by atoms with Crippen LogP contribution in [0.2, 0.25) is 0 Å². The Labute approximate surface area is 134 Å². The van der Waals surface area contributed by atoms with Crippen LogP contribution in [0.1, 0.15) is 26.2 Å². The van der Waals surface area contributed by atoms with Crippen LogP contribution in [0.3, 0.4) is 0 Å². The molecule has 0 heterocycles. The molecule has 4 heteroatoms. The van der Waals surface area contributed by atoms with Gasteiger partial charge in [0.1, 0.15) is 0 Å². The van der Waals surface area contributed by atoms with Crippen LogP contribution in [-0.4, -0.2) is 15.0 Å². The Morgan fingerprint density at radius 2 is 1.88 bits per heavy atom. The summed E-state index contributed by atoms with van der Waals surface area (Å²) in [5.41, 5.74) is 0. The number of hydrogen-bond acceptors (Lipinski definition) is 1. The third-order valence-corrected chi connectivity index (χ3v) is 3.37. The maximum absolute atomic E-state index is 6.25. The summed E-state index contributed by atoms with van der Waals surface area (Å²) in [6.45, 7) is 6.97. The molecule has 0 spiro atoms. The third kappa shape index (κ3) is 14.0. The van der Waals surface area contributed by atoms with Crippen molar-refractivity contribution in [3.63, 3.8) is 0 Å². The second kappa shape index (κ2) is 18.5. The van der Waals surface area contributed by atoms with Crippen molar-refractivity contribution >= 4 is 19.4 Å². The van der Waals surface area contributed by atoms with Gasteiger partial charge in [-0.2, -0.15) is 0 Å². The van der Waals surface area contributed by atoms with Crippen LogP contribution in [0.15, 0.2) is 36.4 Å². The normalized spacial score (nSPS) is 8.41. The maximum Gasteiger partial charge on any atom is 1.00 e. The first-order valence-electron chi connectivity index (χ1n) is 4.95. The van der Waals surface area contributed by atoms with Gasteiger partial charge in [-0.05, 0) is 0 Å². The summed E-state index contributed by atoms with van der Waals surface area (Å²) in [7, 11) is 0. The number of allylic oxidation sites excluding steroid dienone is 1. The van der Waals surface area contributed by atoms with Crippen molar-refractivity contribution in [3.05, 3.63) is 48.0 Å². The fourth-order valence-corrected chi connectivity index (χ4v) is 2.29. The van der Waals surface area contributed by atoms with Gasteiger partial charge in [-0.1, -0.05) is 0 Å². The molecule has 0 bridgehead atoms. The van der Waals surface area contributed by atoms with Gasteiger partial charge in [-0.3, -0.25) is 0 Å². The van der Waals surface area contributed by atoms with E-state index < -0.39 is 0 Å². The average molecular weight is 335 g/mol. The summed E-state index contributed by atoms with van der Waals surface area (Å²) in [6.07, 6.45) is 5.94. The molecule has 0 fully saturated rings. The van der Waals surface area contributed by atoms with Crippen LogP contribution in [0.4, 0.5) is 0 Å². The molecule has 0 saturated carbocycles. The summed E-state index contributed by atoms with van der Waals surface area (Å²) in [6, 6.07) is 10.6. The molecule has 0 radical (unpaired) electrons. The van der Waals surface area contributed by atoms with E-state index in [0.29, 0.717) is 15.0 Å². The number of benzene rings is 1. The monoisotopic (exact) mass is 335 g/mol. The molecule has 1 aromatic carbocycles. The maximum atomic E-state index is 6.25. The van der Waals surface area contributed by atoms with Gasteiger partial charge in [-0.15, -0.1) is 0 Å². The second-order valence-electron chi connectivity index (χ2n) is 2.88. The smallest absolute Gasteiger partial charge is 0.512 e. The van der Waals surface area contributed by atoms with E-state index in [0.717, 1.165) is 0 Å². The molecule has 0 aliphatic carbocycles. The summed E-state index contributed by atoms with van der Waals surface area (Å²) >= 11 is 0.412. The van der Waals surface area contributed by atoms with Crippen molar-refractivity contribution in [2.45, 2.75) is 26.2 Å². The molecule has 0 unspecified atom stereocenters. The van der Waals surface area contributed by atoms with Crippen molar-refractivity contribution in [3.8, 4) is 0 Å². The Kier molecular flexibility index (Phi) is 24.2. The summed E-state index contributed by atoms with van der Waals surface area (Å²) in [4.78, 5) is 3.37. The quantitative estimate of drug-likeness (QED) is 0.409. The molecule has 1 rings (SSSR count). The number of rotatable bonds is 5. The predicted octanol–water partition coefficient (Wildman–Crippen LogP) is -0.379. The predicted molar refractivity (Wildman–Crippen MR) is 64.1 cm³/mol. The minimum absolute atomic E-state index is 0. The van der Waals surface area contributed by atoms with E-state index in [1.165, 1.54) is 23.7 Å². The van der Waals surface area contributed by atoms with Crippen LogP contribution >= 0.6 is 0 Å². The molecule has 0 aromatic heterocycles. The standard InChI is InChI=1S/C12H15Se.CN.Cu.Li/c1-2-3-4-8-11-13-12-9-6-5-7-10-12;1-2;;/h5-10H,2-4H2,1H3;;;/q2*-1;2*+1. The molecular weight excluding hydrogens is 320 g/mol. The average Bonchev–Trinajstić information content (AvgIpc) is 2.33. The second-order valence-corrected chi connectivity index (χ2v) is 4.79. The van der Waals surface area contributed by atoms with E-state index in [1.807, 2.05) is 0 Å². The van der Waals surface area contributed by atoms with E-state index >= 15 is 0 Å². The van der Waals surface area contributed by atoms with Gasteiger partial charge in [0, 0.05) is 0 Å². The van der Waals surface area contributed by atoms with E-state index in [9.17, 15) is 0 Å². The van der Waals surface area contributed by atoms with Crippen molar-refractivity contribution in [2.75, 3.05) is 0 Å². The van der Waals surface area contributed by atoms with Crippen molar-refractivity contribution in [1.29, 1.82) is 5.26 Å². The minimum Gasteiger partial charge on any atom is -0.512 e. The topological polar surface area (TPSA) is 23.8 Å². The summed E-state index contributed by atoms with van der Waals surface area (Å²) < 4.78 is 1.41. The summed E-state index contributed by atoms with van der Waals surface area (Å²) in [5, 5.41) is 6.25. The molecule has 1 aromatic rings. The zero-order valence-corrected chi connectivity index (χ0v) is 12.9. The van der Waals surface area contributed by atoms with Gasteiger partial charge in [0.2, 0.25) is 0 Å². The van der Waals surface area contributed by atoms with Crippen molar-refractivity contribution in [1.82, 2.24) is 0 Å². The minimum atomic E-state index is 0. The first-order valence-corrected chi connectivity index (χ1v) is 6.66. The summed E-state index contributed by atoms with van der Waals surface area (Å²) in [5.74, 6) is 0. The Balaban J connectivity index is -0.000000464. The molecule has 17 heavy (non-hydrogen) atoms. The number of hydrogen-bond donors (Lipinski definition) is 0. The third-order valence-electron chi connectivity index (χ3n) is 1.71. The van der Waals surface area contributed by atoms with Gasteiger partial charge in [0.15, 0.2) is 0 Å². The molecule has 90 valence electrons. The first-order chi connectivity index (χ1) is 7.43. The SMILES string of the molecule is CCCCC=[C-][Se]c1ccccc1.[C-]#N.[Cu+].[Li+]. The van der Waals surface area contributed by atoms with Crippen LogP contribution in [0.5, 0.6) is 0 Å². The van der Waals surface area contributed by atoms with Gasteiger partial charge < -0.3 is 11.8 Å². The molecule has 1 nitrogen and oxygen atoms in total. The van der Waals surface area contributed by atoms with Gasteiger partial charge in [0.25, 0.3) is 0 Å². The molecule has 0 saturated heterocycles. The number of unbranched alkanes of at least 4 members (excludes halogenated alkanes) is 2. The molecule has 0 amide bonds. The zero-order valence-electron chi connectivity index (χ0n) is 10.2. The largest absolute Gasteiger partial charge is 1.00 e.